The maximum Gasteiger partial charge on any atom is 0.411 e. The molecule has 2 aromatic heterocycles. The van der Waals surface area contributed by atoms with Gasteiger partial charge in [0.2, 0.25) is 5.95 Å². The summed E-state index contributed by atoms with van der Waals surface area (Å²) >= 11 is 1.64. The van der Waals surface area contributed by atoms with E-state index >= 15 is 0 Å². The first-order valence-corrected chi connectivity index (χ1v) is 10.5. The third-order valence-electron chi connectivity index (χ3n) is 5.38. The fraction of sp³-hybridized carbons (Fsp3) is 0.136. The molecule has 31 heavy (non-hydrogen) atoms. The number of H-pyrrole nitrogens is 1. The predicted octanol–water partition coefficient (Wildman–Crippen LogP) is 4.21. The minimum Gasteiger partial charge on any atom is -0.507 e. The molecule has 2 aromatic carbocycles. The summed E-state index contributed by atoms with van der Waals surface area (Å²) in [6.07, 6.45) is -0.490. The molecule has 1 aliphatic rings. The van der Waals surface area contributed by atoms with E-state index in [1.165, 1.54) is 10.9 Å². The van der Waals surface area contributed by atoms with E-state index in [9.17, 15) is 14.7 Å². The van der Waals surface area contributed by atoms with E-state index in [4.69, 9.17) is 5.11 Å². The number of rotatable bonds is 5. The number of carbonyl (C=O) groups is 2. The molecule has 4 aromatic rings. The van der Waals surface area contributed by atoms with Gasteiger partial charge < -0.3 is 20.1 Å². The summed E-state index contributed by atoms with van der Waals surface area (Å²) in [5, 5.41) is 23.5. The maximum atomic E-state index is 13.2. The number of anilines is 1. The van der Waals surface area contributed by atoms with Gasteiger partial charge in [0.25, 0.3) is 5.91 Å². The zero-order valence-corrected chi connectivity index (χ0v) is 17.0. The van der Waals surface area contributed by atoms with E-state index in [0.29, 0.717) is 29.6 Å². The molecule has 9 heteroatoms. The van der Waals surface area contributed by atoms with Crippen molar-refractivity contribution in [2.24, 2.45) is 0 Å². The van der Waals surface area contributed by atoms with Gasteiger partial charge in [-0.1, -0.05) is 24.3 Å². The molecule has 0 fully saturated rings. The number of carbonyl (C=O) groups excluding carboxylic acids is 1. The molecular formula is C22H18N4O4S. The Hall–Kier alpha value is -3.85. The van der Waals surface area contributed by atoms with Crippen molar-refractivity contribution < 1.29 is 19.8 Å². The first-order valence-electron chi connectivity index (χ1n) is 9.66. The van der Waals surface area contributed by atoms with Crippen molar-refractivity contribution in [2.45, 2.75) is 12.5 Å². The van der Waals surface area contributed by atoms with Crippen LogP contribution in [0.15, 0.2) is 53.9 Å². The van der Waals surface area contributed by atoms with Crippen LogP contribution in [0, 0.1) is 0 Å². The Morgan fingerprint density at radius 1 is 1.23 bits per heavy atom. The lowest BCUT2D eigenvalue weighted by Gasteiger charge is -2.25. The Labute approximate surface area is 180 Å². The minimum atomic E-state index is -1.20. The number of imidazole rings is 1. The number of phenolic OH excluding ortho intramolecular Hbond substituents is 1. The van der Waals surface area contributed by atoms with E-state index in [1.807, 2.05) is 41.8 Å². The number of thiophene rings is 1. The van der Waals surface area contributed by atoms with Crippen LogP contribution in [0.2, 0.25) is 0 Å². The number of benzene rings is 2. The first kappa shape index (κ1) is 19.1. The lowest BCUT2D eigenvalue weighted by molar-refractivity contribution is 0.0750. The average Bonchev–Trinajstić information content (AvgIpc) is 3.44. The Kier molecular flexibility index (Phi) is 4.59. The van der Waals surface area contributed by atoms with Crippen molar-refractivity contribution in [3.8, 4) is 5.75 Å². The van der Waals surface area contributed by atoms with E-state index in [-0.39, 0.29) is 23.6 Å². The number of aromatic hydroxyl groups is 1. The number of nitrogens with one attached hydrogen (secondary N) is 2. The molecule has 1 atom stereocenters. The molecule has 0 aliphatic carbocycles. The zero-order valence-electron chi connectivity index (χ0n) is 16.2. The second kappa shape index (κ2) is 7.44. The largest absolute Gasteiger partial charge is 0.507 e. The second-order valence-corrected chi connectivity index (χ2v) is 8.30. The molecule has 0 spiro atoms. The van der Waals surface area contributed by atoms with E-state index < -0.39 is 6.09 Å². The van der Waals surface area contributed by atoms with Gasteiger partial charge in [-0.3, -0.25) is 10.1 Å². The Balaban J connectivity index is 1.55. The number of hydrogen-bond acceptors (Lipinski definition) is 5. The van der Waals surface area contributed by atoms with Gasteiger partial charge in [-0.2, -0.15) is 0 Å². The van der Waals surface area contributed by atoms with Crippen LogP contribution in [0.3, 0.4) is 0 Å². The maximum absolute atomic E-state index is 13.2. The molecule has 2 amide bonds. The molecule has 0 saturated heterocycles. The highest BCUT2D eigenvalue weighted by Gasteiger charge is 2.39. The molecule has 5 rings (SSSR count). The van der Waals surface area contributed by atoms with Crippen molar-refractivity contribution in [2.75, 3.05) is 11.9 Å². The van der Waals surface area contributed by atoms with Crippen molar-refractivity contribution in [3.63, 3.8) is 0 Å². The van der Waals surface area contributed by atoms with Crippen molar-refractivity contribution >= 4 is 40.3 Å². The lowest BCUT2D eigenvalue weighted by Crippen LogP contribution is -2.30. The van der Waals surface area contributed by atoms with Gasteiger partial charge in [0.1, 0.15) is 5.75 Å². The van der Waals surface area contributed by atoms with Gasteiger partial charge in [0.05, 0.1) is 22.6 Å². The lowest BCUT2D eigenvalue weighted by atomic mass is 9.97. The monoisotopic (exact) mass is 434 g/mol. The van der Waals surface area contributed by atoms with Crippen LogP contribution < -0.4 is 5.32 Å². The van der Waals surface area contributed by atoms with E-state index in [0.717, 1.165) is 11.1 Å². The van der Waals surface area contributed by atoms with Gasteiger partial charge in [0.15, 0.2) is 0 Å². The molecule has 1 aliphatic heterocycles. The Bertz CT molecular complexity index is 1300. The topological polar surface area (TPSA) is 119 Å². The van der Waals surface area contributed by atoms with Gasteiger partial charge in [-0.05, 0) is 47.2 Å². The number of aromatic amines is 1. The van der Waals surface area contributed by atoms with Gasteiger partial charge in [-0.25, -0.2) is 9.78 Å². The predicted molar refractivity (Wildman–Crippen MR) is 117 cm³/mol. The number of hydrogen-bond donors (Lipinski definition) is 4. The summed E-state index contributed by atoms with van der Waals surface area (Å²) in [6, 6.07) is 14.3. The van der Waals surface area contributed by atoms with Crippen molar-refractivity contribution in [1.82, 2.24) is 14.9 Å². The zero-order chi connectivity index (χ0) is 21.5. The third-order valence-corrected chi connectivity index (χ3v) is 6.32. The highest BCUT2D eigenvalue weighted by Crippen LogP contribution is 2.42. The summed E-state index contributed by atoms with van der Waals surface area (Å²) in [6.45, 7) is 0.503. The molecule has 0 radical (unpaired) electrons. The number of nitrogens with zero attached hydrogens (tertiary/aromatic N) is 2. The molecule has 0 saturated carbocycles. The highest BCUT2D eigenvalue weighted by atomic mass is 32.1. The molecule has 3 heterocycles. The van der Waals surface area contributed by atoms with Gasteiger partial charge in [0, 0.05) is 11.4 Å². The summed E-state index contributed by atoms with van der Waals surface area (Å²) in [5.41, 5.74) is 3.17. The molecule has 8 nitrogen and oxygen atoms in total. The van der Waals surface area contributed by atoms with Crippen LogP contribution in [0.5, 0.6) is 5.75 Å². The summed E-state index contributed by atoms with van der Waals surface area (Å²) in [4.78, 5) is 34.3. The molecular weight excluding hydrogens is 416 g/mol. The quantitative estimate of drug-likeness (QED) is 0.375. The number of fused-ring (bicyclic) bond motifs is 2. The normalized spacial score (nSPS) is 15.4. The SMILES string of the molecule is O=C(O)Nc1nc2cc(C3c4cccc(O)c4C(=O)N3CCc3cccs3)ccc2[nH]1. The number of amides is 2. The molecule has 4 N–H and O–H groups in total. The number of phenols is 1. The van der Waals surface area contributed by atoms with Crippen molar-refractivity contribution in [1.29, 1.82) is 0 Å². The van der Waals surface area contributed by atoms with Crippen LogP contribution in [-0.2, 0) is 6.42 Å². The molecule has 156 valence electrons. The van der Waals surface area contributed by atoms with Crippen LogP contribution in [-0.4, -0.2) is 43.6 Å². The smallest absolute Gasteiger partial charge is 0.411 e. The summed E-state index contributed by atoms with van der Waals surface area (Å²) in [7, 11) is 0. The van der Waals surface area contributed by atoms with Gasteiger partial charge in [-0.15, -0.1) is 11.3 Å². The minimum absolute atomic E-state index is 0.0279. The third kappa shape index (κ3) is 3.38. The highest BCUT2D eigenvalue weighted by molar-refractivity contribution is 7.09. The Morgan fingerprint density at radius 3 is 2.87 bits per heavy atom. The van der Waals surface area contributed by atoms with Gasteiger partial charge >= 0.3 is 6.09 Å². The summed E-state index contributed by atoms with van der Waals surface area (Å²) < 4.78 is 0. The Morgan fingerprint density at radius 2 is 2.10 bits per heavy atom. The number of aromatic nitrogens is 2. The fourth-order valence-electron chi connectivity index (χ4n) is 4.08. The standard InChI is InChI=1S/C22H18N4O4S/c27-17-5-1-4-14-18(17)20(28)26(9-8-13-3-2-10-31-13)19(14)12-6-7-15-16(11-12)24-21(23-15)25-22(29)30/h1-7,10-11,19,27H,8-9H2,(H,29,30)(H2,23,24,25). The molecule has 1 unspecified atom stereocenters. The van der Waals surface area contributed by atoms with Crippen LogP contribution in [0.4, 0.5) is 10.7 Å². The first-order chi connectivity index (χ1) is 15.0. The van der Waals surface area contributed by atoms with Crippen LogP contribution in [0.1, 0.15) is 32.4 Å². The van der Waals surface area contributed by atoms with E-state index in [1.54, 1.807) is 22.3 Å². The van der Waals surface area contributed by atoms with Crippen LogP contribution in [0.25, 0.3) is 11.0 Å². The van der Waals surface area contributed by atoms with Crippen molar-refractivity contribution in [3.05, 3.63) is 75.5 Å². The van der Waals surface area contributed by atoms with E-state index in [2.05, 4.69) is 15.3 Å². The molecule has 0 bridgehead atoms. The summed E-state index contributed by atoms with van der Waals surface area (Å²) in [5.74, 6) is -0.0975. The fourth-order valence-corrected chi connectivity index (χ4v) is 4.77. The number of carboxylic acid groups (broad SMARTS) is 1. The average molecular weight is 434 g/mol. The second-order valence-electron chi connectivity index (χ2n) is 7.26. The van der Waals surface area contributed by atoms with Crippen LogP contribution >= 0.6 is 11.3 Å².